The number of halogens is 1. The van der Waals surface area contributed by atoms with Gasteiger partial charge in [0.25, 0.3) is 0 Å². The van der Waals surface area contributed by atoms with Crippen LogP contribution in [0.2, 0.25) is 5.02 Å². The van der Waals surface area contributed by atoms with Crippen LogP contribution in [0, 0.1) is 0 Å². The van der Waals surface area contributed by atoms with E-state index in [1.54, 1.807) is 6.92 Å². The molecule has 0 radical (unpaired) electrons. The first-order valence-corrected chi connectivity index (χ1v) is 7.99. The molecule has 0 saturated carbocycles. The second-order valence-corrected chi connectivity index (χ2v) is 6.43. The number of rotatable bonds is 2. The molecule has 110 valence electrons. The Morgan fingerprint density at radius 1 is 1.25 bits per heavy atom. The molecule has 0 spiro atoms. The summed E-state index contributed by atoms with van der Waals surface area (Å²) in [5, 5.41) is 10.4. The van der Waals surface area contributed by atoms with Crippen molar-refractivity contribution in [2.24, 2.45) is 0 Å². The highest BCUT2D eigenvalue weighted by atomic mass is 35.5. The lowest BCUT2D eigenvalue weighted by molar-refractivity contribution is 0.133. The van der Waals surface area contributed by atoms with Gasteiger partial charge < -0.3 is 10.0 Å². The number of hydrogen-bond acceptors (Lipinski definition) is 3. The van der Waals surface area contributed by atoms with E-state index in [1.165, 1.54) is 25.8 Å². The molecule has 1 N–H and O–H groups in total. The topological polar surface area (TPSA) is 26.7 Å². The van der Waals surface area contributed by atoms with Crippen LogP contribution in [0.4, 0.5) is 5.69 Å². The van der Waals surface area contributed by atoms with Crippen molar-refractivity contribution in [1.82, 2.24) is 4.90 Å². The summed E-state index contributed by atoms with van der Waals surface area (Å²) in [5.41, 5.74) is 2.00. The van der Waals surface area contributed by atoms with E-state index in [4.69, 9.17) is 11.6 Å². The minimum Gasteiger partial charge on any atom is -0.389 e. The van der Waals surface area contributed by atoms with E-state index in [2.05, 4.69) is 15.9 Å². The Balaban J connectivity index is 1.76. The molecule has 0 bridgehead atoms. The van der Waals surface area contributed by atoms with Crippen LogP contribution in [-0.2, 0) is 0 Å². The number of piperidine rings is 1. The molecule has 0 aliphatic carbocycles. The van der Waals surface area contributed by atoms with Gasteiger partial charge in [0.2, 0.25) is 0 Å². The molecule has 20 heavy (non-hydrogen) atoms. The molecule has 0 aromatic heterocycles. The van der Waals surface area contributed by atoms with Crippen LogP contribution in [0.5, 0.6) is 0 Å². The molecular weight excluding hydrogens is 272 g/mol. The van der Waals surface area contributed by atoms with E-state index in [0.29, 0.717) is 6.04 Å². The van der Waals surface area contributed by atoms with Crippen molar-refractivity contribution in [1.29, 1.82) is 0 Å². The van der Waals surface area contributed by atoms with Crippen molar-refractivity contribution in [2.45, 2.75) is 38.3 Å². The van der Waals surface area contributed by atoms with Gasteiger partial charge in [0, 0.05) is 25.7 Å². The number of aliphatic hydroxyl groups excluding tert-OH is 1. The quantitative estimate of drug-likeness (QED) is 0.908. The number of anilines is 1. The fourth-order valence-corrected chi connectivity index (χ4v) is 3.72. The average molecular weight is 295 g/mol. The Morgan fingerprint density at radius 2 is 2.10 bits per heavy atom. The monoisotopic (exact) mass is 294 g/mol. The second-order valence-electron chi connectivity index (χ2n) is 6.02. The zero-order valence-electron chi connectivity index (χ0n) is 12.1. The normalized spacial score (nSPS) is 25.4. The number of aliphatic hydroxyl groups is 1. The first kappa shape index (κ1) is 14.2. The lowest BCUT2D eigenvalue weighted by atomic mass is 9.99. The largest absolute Gasteiger partial charge is 0.389 e. The molecule has 2 heterocycles. The van der Waals surface area contributed by atoms with Crippen molar-refractivity contribution in [3.8, 4) is 0 Å². The van der Waals surface area contributed by atoms with Gasteiger partial charge in [-0.05, 0) is 44.0 Å². The van der Waals surface area contributed by atoms with Crippen molar-refractivity contribution in [2.75, 3.05) is 31.1 Å². The van der Waals surface area contributed by atoms with E-state index >= 15 is 0 Å². The Bertz CT molecular complexity index is 478. The first-order chi connectivity index (χ1) is 9.65. The van der Waals surface area contributed by atoms with E-state index in [-0.39, 0.29) is 0 Å². The third-order valence-corrected chi connectivity index (χ3v) is 4.93. The molecule has 2 fully saturated rings. The van der Waals surface area contributed by atoms with Gasteiger partial charge >= 0.3 is 0 Å². The van der Waals surface area contributed by atoms with E-state index in [0.717, 1.165) is 35.9 Å². The van der Waals surface area contributed by atoms with Crippen molar-refractivity contribution in [3.05, 3.63) is 28.8 Å². The highest BCUT2D eigenvalue weighted by molar-refractivity contribution is 6.33. The zero-order valence-corrected chi connectivity index (χ0v) is 12.8. The summed E-state index contributed by atoms with van der Waals surface area (Å²) in [4.78, 5) is 5.03. The van der Waals surface area contributed by atoms with Gasteiger partial charge in [-0.3, -0.25) is 4.90 Å². The fraction of sp³-hybridized carbons (Fsp3) is 0.625. The van der Waals surface area contributed by atoms with Gasteiger partial charge in [-0.15, -0.1) is 0 Å². The summed E-state index contributed by atoms with van der Waals surface area (Å²) in [7, 11) is 0. The van der Waals surface area contributed by atoms with Crippen molar-refractivity contribution in [3.63, 3.8) is 0 Å². The third-order valence-electron chi connectivity index (χ3n) is 4.63. The van der Waals surface area contributed by atoms with Gasteiger partial charge in [0.1, 0.15) is 0 Å². The van der Waals surface area contributed by atoms with E-state index in [9.17, 15) is 5.11 Å². The van der Waals surface area contributed by atoms with E-state index in [1.807, 2.05) is 12.1 Å². The van der Waals surface area contributed by atoms with Crippen LogP contribution in [0.1, 0.15) is 37.9 Å². The molecule has 2 atom stereocenters. The summed E-state index contributed by atoms with van der Waals surface area (Å²) >= 11 is 6.42. The van der Waals surface area contributed by atoms with Crippen LogP contribution in [-0.4, -0.2) is 42.2 Å². The molecular formula is C16H23ClN2O. The number of nitrogens with zero attached hydrogens (tertiary/aromatic N) is 2. The second kappa shape index (κ2) is 5.92. The minimum absolute atomic E-state index is 0.461. The Kier molecular flexibility index (Phi) is 4.20. The van der Waals surface area contributed by atoms with Crippen molar-refractivity contribution < 1.29 is 5.11 Å². The van der Waals surface area contributed by atoms with Crippen LogP contribution >= 0.6 is 11.6 Å². The van der Waals surface area contributed by atoms with Gasteiger partial charge in [-0.1, -0.05) is 24.1 Å². The summed E-state index contributed by atoms with van der Waals surface area (Å²) in [6.07, 6.45) is 3.54. The van der Waals surface area contributed by atoms with Crippen LogP contribution < -0.4 is 4.90 Å². The zero-order chi connectivity index (χ0) is 14.1. The number of benzene rings is 1. The molecule has 2 aliphatic rings. The highest BCUT2D eigenvalue weighted by Gasteiger charge is 2.29. The SMILES string of the molecule is C[C@@H](O)c1ccc(N2CCN3CCCCC3C2)c(Cl)c1. The molecule has 4 heteroatoms. The van der Waals surface area contributed by atoms with Gasteiger partial charge in [0.15, 0.2) is 0 Å². The molecule has 2 aliphatic heterocycles. The molecule has 1 aromatic carbocycles. The van der Waals surface area contributed by atoms with Crippen LogP contribution in [0.15, 0.2) is 18.2 Å². The van der Waals surface area contributed by atoms with Crippen molar-refractivity contribution >= 4 is 17.3 Å². The molecule has 1 unspecified atom stereocenters. The summed E-state index contributed by atoms with van der Waals surface area (Å²) in [5.74, 6) is 0. The predicted molar refractivity (Wildman–Crippen MR) is 83.5 cm³/mol. The lowest BCUT2D eigenvalue weighted by Crippen LogP contribution is -2.55. The molecule has 1 aromatic rings. The first-order valence-electron chi connectivity index (χ1n) is 7.61. The molecule has 3 rings (SSSR count). The fourth-order valence-electron chi connectivity index (χ4n) is 3.41. The number of piperazine rings is 1. The molecule has 2 saturated heterocycles. The Hall–Kier alpha value is -0.770. The van der Waals surface area contributed by atoms with Crippen LogP contribution in [0.25, 0.3) is 0 Å². The highest BCUT2D eigenvalue weighted by Crippen LogP contribution is 2.32. The standard InChI is InChI=1S/C16H23ClN2O/c1-12(20)13-5-6-16(15(17)10-13)19-9-8-18-7-3-2-4-14(18)11-19/h5-6,10,12,14,20H,2-4,7-9,11H2,1H3/t12-,14?/m1/s1. The number of hydrogen-bond donors (Lipinski definition) is 1. The lowest BCUT2D eigenvalue weighted by Gasteiger charge is -2.45. The third kappa shape index (κ3) is 2.80. The number of fused-ring (bicyclic) bond motifs is 1. The van der Waals surface area contributed by atoms with E-state index < -0.39 is 6.10 Å². The summed E-state index contributed by atoms with van der Waals surface area (Å²) < 4.78 is 0. The molecule has 0 amide bonds. The Labute approximate surface area is 126 Å². The van der Waals surface area contributed by atoms with Crippen LogP contribution in [0.3, 0.4) is 0 Å². The smallest absolute Gasteiger partial charge is 0.0762 e. The minimum atomic E-state index is -0.461. The van der Waals surface area contributed by atoms with Gasteiger partial charge in [0.05, 0.1) is 16.8 Å². The maximum Gasteiger partial charge on any atom is 0.0762 e. The summed E-state index contributed by atoms with van der Waals surface area (Å²) in [6, 6.07) is 6.63. The predicted octanol–water partition coefficient (Wildman–Crippen LogP) is 3.07. The van der Waals surface area contributed by atoms with Gasteiger partial charge in [-0.2, -0.15) is 0 Å². The summed E-state index contributed by atoms with van der Waals surface area (Å²) in [6.45, 7) is 6.29. The average Bonchev–Trinajstić information content (AvgIpc) is 2.46. The Morgan fingerprint density at radius 3 is 2.85 bits per heavy atom. The maximum atomic E-state index is 9.62. The molecule has 3 nitrogen and oxygen atoms in total. The van der Waals surface area contributed by atoms with Gasteiger partial charge in [-0.25, -0.2) is 0 Å². The maximum absolute atomic E-state index is 9.62.